The van der Waals surface area contributed by atoms with Crippen molar-refractivity contribution in [2.75, 3.05) is 7.11 Å². The number of hydrogen-bond donors (Lipinski definition) is 1. The van der Waals surface area contributed by atoms with E-state index in [0.717, 1.165) is 5.56 Å². The van der Waals surface area contributed by atoms with E-state index in [4.69, 9.17) is 4.74 Å². The van der Waals surface area contributed by atoms with Crippen molar-refractivity contribution < 1.29 is 9.53 Å². The molecule has 1 amide bonds. The predicted molar refractivity (Wildman–Crippen MR) is 96.8 cm³/mol. The zero-order valence-corrected chi connectivity index (χ0v) is 13.7. The zero-order chi connectivity index (χ0) is 17.5. The van der Waals surface area contributed by atoms with Gasteiger partial charge in [0.05, 0.1) is 12.8 Å². The summed E-state index contributed by atoms with van der Waals surface area (Å²) in [6, 6.07) is 22.1. The minimum absolute atomic E-state index is 0.316. The van der Waals surface area contributed by atoms with Gasteiger partial charge in [-0.2, -0.15) is 5.10 Å². The Hall–Kier alpha value is -3.47. The number of hydrogen-bond acceptors (Lipinski definition) is 4. The molecular weight excluding hydrogens is 314 g/mol. The van der Waals surface area contributed by atoms with E-state index >= 15 is 0 Å². The lowest BCUT2D eigenvalue weighted by Gasteiger charge is -2.07. The molecule has 3 aromatic rings. The largest absolute Gasteiger partial charge is 0.497 e. The maximum absolute atomic E-state index is 12.4. The number of nitrogens with one attached hydrogen (secondary N) is 1. The summed E-state index contributed by atoms with van der Waals surface area (Å²) in [6.07, 6.45) is 1.69. The smallest absolute Gasteiger partial charge is 0.271 e. The third kappa shape index (κ3) is 4.09. The highest BCUT2D eigenvalue weighted by molar-refractivity contribution is 6.12. The molecular formula is C20H17N3O2. The SMILES string of the molecule is COc1cccc(C(=O)N/N=C(\c2ccccc2)c2ccccn2)c1. The second kappa shape index (κ2) is 7.88. The van der Waals surface area contributed by atoms with E-state index in [1.165, 1.54) is 0 Å². The van der Waals surface area contributed by atoms with Crippen LogP contribution in [0.15, 0.2) is 84.1 Å². The molecule has 0 aliphatic carbocycles. The van der Waals surface area contributed by atoms with Gasteiger partial charge < -0.3 is 4.74 Å². The number of amides is 1. The molecule has 0 saturated heterocycles. The summed E-state index contributed by atoms with van der Waals surface area (Å²) in [4.78, 5) is 16.7. The van der Waals surface area contributed by atoms with Crippen molar-refractivity contribution in [1.82, 2.24) is 10.4 Å². The molecule has 0 saturated carbocycles. The minimum atomic E-state index is -0.316. The Kier molecular flexibility index (Phi) is 5.16. The summed E-state index contributed by atoms with van der Waals surface area (Å²) in [6.45, 7) is 0. The Balaban J connectivity index is 1.90. The quantitative estimate of drug-likeness (QED) is 0.576. The number of ether oxygens (including phenoxy) is 1. The van der Waals surface area contributed by atoms with Crippen LogP contribution in [0, 0.1) is 0 Å². The molecule has 0 fully saturated rings. The van der Waals surface area contributed by atoms with Crippen LogP contribution in [0.3, 0.4) is 0 Å². The van der Waals surface area contributed by atoms with E-state index in [2.05, 4.69) is 15.5 Å². The van der Waals surface area contributed by atoms with E-state index in [-0.39, 0.29) is 5.91 Å². The standard InChI is InChI=1S/C20H17N3O2/c1-25-17-11-7-10-16(14-17)20(24)23-22-19(15-8-3-2-4-9-15)18-12-5-6-13-21-18/h2-14H,1H3,(H,23,24)/b22-19+. The summed E-state index contributed by atoms with van der Waals surface area (Å²) >= 11 is 0. The molecule has 0 aliphatic rings. The molecule has 3 rings (SSSR count). The van der Waals surface area contributed by atoms with E-state index < -0.39 is 0 Å². The molecule has 5 heteroatoms. The van der Waals surface area contributed by atoms with Crippen molar-refractivity contribution in [3.05, 3.63) is 95.8 Å². The van der Waals surface area contributed by atoms with Crippen LogP contribution >= 0.6 is 0 Å². The van der Waals surface area contributed by atoms with Crippen LogP contribution in [0.2, 0.25) is 0 Å². The maximum atomic E-state index is 12.4. The van der Waals surface area contributed by atoms with E-state index in [1.807, 2.05) is 48.5 Å². The van der Waals surface area contributed by atoms with E-state index in [9.17, 15) is 4.79 Å². The molecule has 0 atom stereocenters. The van der Waals surface area contributed by atoms with Gasteiger partial charge >= 0.3 is 0 Å². The van der Waals surface area contributed by atoms with Crippen molar-refractivity contribution in [2.24, 2.45) is 5.10 Å². The normalized spacial score (nSPS) is 11.0. The molecule has 0 spiro atoms. The molecule has 124 valence electrons. The number of hydrazone groups is 1. The highest BCUT2D eigenvalue weighted by Gasteiger charge is 2.10. The summed E-state index contributed by atoms with van der Waals surface area (Å²) in [7, 11) is 1.56. The van der Waals surface area contributed by atoms with Crippen molar-refractivity contribution in [3.63, 3.8) is 0 Å². The predicted octanol–water partition coefficient (Wildman–Crippen LogP) is 3.27. The number of rotatable bonds is 5. The van der Waals surface area contributed by atoms with Gasteiger partial charge in [0.2, 0.25) is 0 Å². The Morgan fingerprint density at radius 2 is 1.72 bits per heavy atom. The zero-order valence-electron chi connectivity index (χ0n) is 13.7. The van der Waals surface area contributed by atoms with Crippen LogP contribution in [0.1, 0.15) is 21.6 Å². The fraction of sp³-hybridized carbons (Fsp3) is 0.0500. The molecule has 25 heavy (non-hydrogen) atoms. The van der Waals surface area contributed by atoms with Gasteiger partial charge in [0, 0.05) is 17.3 Å². The molecule has 5 nitrogen and oxygen atoms in total. The second-order valence-electron chi connectivity index (χ2n) is 5.21. The van der Waals surface area contributed by atoms with Crippen molar-refractivity contribution in [2.45, 2.75) is 0 Å². The number of carbonyl (C=O) groups is 1. The molecule has 1 N–H and O–H groups in total. The van der Waals surface area contributed by atoms with Crippen LogP contribution in [-0.4, -0.2) is 23.7 Å². The first-order valence-electron chi connectivity index (χ1n) is 7.77. The first-order valence-corrected chi connectivity index (χ1v) is 7.77. The minimum Gasteiger partial charge on any atom is -0.497 e. The van der Waals surface area contributed by atoms with Crippen molar-refractivity contribution in [3.8, 4) is 5.75 Å². The fourth-order valence-electron chi connectivity index (χ4n) is 2.30. The number of carbonyl (C=O) groups excluding carboxylic acids is 1. The molecule has 0 bridgehead atoms. The van der Waals surface area contributed by atoms with Gasteiger partial charge in [0.1, 0.15) is 11.5 Å². The lowest BCUT2D eigenvalue weighted by molar-refractivity contribution is 0.0954. The van der Waals surface area contributed by atoms with Gasteiger partial charge in [-0.05, 0) is 30.3 Å². The van der Waals surface area contributed by atoms with Gasteiger partial charge in [0.25, 0.3) is 5.91 Å². The molecule has 1 heterocycles. The molecule has 0 radical (unpaired) electrons. The maximum Gasteiger partial charge on any atom is 0.271 e. The number of aromatic nitrogens is 1. The number of nitrogens with zero attached hydrogens (tertiary/aromatic N) is 2. The Labute approximate surface area is 146 Å². The Bertz CT molecular complexity index is 836. The average Bonchev–Trinajstić information content (AvgIpc) is 2.69. The Morgan fingerprint density at radius 1 is 0.960 bits per heavy atom. The lowest BCUT2D eigenvalue weighted by Crippen LogP contribution is -2.21. The number of methoxy groups -OCH3 is 1. The van der Waals surface area contributed by atoms with Crippen molar-refractivity contribution in [1.29, 1.82) is 0 Å². The molecule has 0 unspecified atom stereocenters. The fourth-order valence-corrected chi connectivity index (χ4v) is 2.30. The highest BCUT2D eigenvalue weighted by Crippen LogP contribution is 2.13. The Morgan fingerprint density at radius 3 is 2.44 bits per heavy atom. The van der Waals surface area contributed by atoms with Crippen molar-refractivity contribution >= 4 is 11.6 Å². The first-order chi connectivity index (χ1) is 12.3. The second-order valence-corrected chi connectivity index (χ2v) is 5.21. The van der Waals surface area contributed by atoms with E-state index in [0.29, 0.717) is 22.7 Å². The van der Waals surface area contributed by atoms with Gasteiger partial charge in [0.15, 0.2) is 0 Å². The summed E-state index contributed by atoms with van der Waals surface area (Å²) < 4.78 is 5.14. The third-order valence-electron chi connectivity index (χ3n) is 3.56. The number of pyridine rings is 1. The van der Waals surface area contributed by atoms with E-state index in [1.54, 1.807) is 37.6 Å². The molecule has 2 aromatic carbocycles. The topological polar surface area (TPSA) is 63.6 Å². The van der Waals surface area contributed by atoms with Crippen LogP contribution in [0.25, 0.3) is 0 Å². The van der Waals surface area contributed by atoms with Crippen LogP contribution in [0.4, 0.5) is 0 Å². The van der Waals surface area contributed by atoms with Crippen LogP contribution in [-0.2, 0) is 0 Å². The van der Waals surface area contributed by atoms with Crippen LogP contribution < -0.4 is 10.2 Å². The van der Waals surface area contributed by atoms with Crippen LogP contribution in [0.5, 0.6) is 5.75 Å². The number of benzene rings is 2. The molecule has 0 aliphatic heterocycles. The summed E-state index contributed by atoms with van der Waals surface area (Å²) in [5.74, 6) is 0.299. The van der Waals surface area contributed by atoms with Gasteiger partial charge in [-0.15, -0.1) is 0 Å². The van der Waals surface area contributed by atoms with Gasteiger partial charge in [-0.3, -0.25) is 9.78 Å². The summed E-state index contributed by atoms with van der Waals surface area (Å²) in [5.41, 5.74) is 5.21. The monoisotopic (exact) mass is 331 g/mol. The van der Waals surface area contributed by atoms with Gasteiger partial charge in [-0.1, -0.05) is 42.5 Å². The third-order valence-corrected chi connectivity index (χ3v) is 3.56. The van der Waals surface area contributed by atoms with Gasteiger partial charge in [-0.25, -0.2) is 5.43 Å². The average molecular weight is 331 g/mol. The first kappa shape index (κ1) is 16.4. The summed E-state index contributed by atoms with van der Waals surface area (Å²) in [5, 5.41) is 4.31. The molecule has 1 aromatic heterocycles. The lowest BCUT2D eigenvalue weighted by atomic mass is 10.1. The highest BCUT2D eigenvalue weighted by atomic mass is 16.5.